The molecule has 1 aliphatic heterocycles. The second kappa shape index (κ2) is 16.0. The van der Waals surface area contributed by atoms with Gasteiger partial charge in [-0.1, -0.05) is 105 Å². The second-order valence-corrected chi connectivity index (χ2v) is 17.1. The van der Waals surface area contributed by atoms with Crippen LogP contribution in [0.5, 0.6) is 0 Å². The number of aromatic nitrogens is 6. The van der Waals surface area contributed by atoms with Crippen molar-refractivity contribution in [3.63, 3.8) is 0 Å². The summed E-state index contributed by atoms with van der Waals surface area (Å²) in [5, 5.41) is 3.97. The fraction of sp³-hybridized carbons (Fsp3) is 0. The molecule has 6 aromatic heterocycles. The molecule has 8 bridgehead atoms. The lowest BCUT2D eigenvalue weighted by Crippen LogP contribution is -2.19. The number of hydrogen-bond donors (Lipinski definition) is 4. The van der Waals surface area contributed by atoms with Gasteiger partial charge < -0.3 is 19.9 Å². The van der Waals surface area contributed by atoms with Crippen molar-refractivity contribution in [2.75, 3.05) is 0 Å². The van der Waals surface area contributed by atoms with E-state index in [0.29, 0.717) is 0 Å². The molecule has 0 unspecified atom stereocenters. The number of H-pyrrole nitrogens is 4. The van der Waals surface area contributed by atoms with Gasteiger partial charge in [-0.05, 0) is 142 Å². The molecule has 0 fully saturated rings. The molecule has 4 aromatic carbocycles. The summed E-state index contributed by atoms with van der Waals surface area (Å²) in [7, 11) is 0. The van der Waals surface area contributed by atoms with Gasteiger partial charge in [0.15, 0.2) is 0 Å². The third-order valence-electron chi connectivity index (χ3n) is 11.5. The summed E-state index contributed by atoms with van der Waals surface area (Å²) in [6.45, 7) is 0. The van der Waals surface area contributed by atoms with Gasteiger partial charge in [0, 0.05) is 100 Å². The van der Waals surface area contributed by atoms with E-state index in [2.05, 4.69) is 207 Å². The SMILES string of the molecule is Brc1ccc(C2=c3ccc([nH]3)=C(c3ccc(-c4ccncc4)cc3)c3ccc([nH]3)C(c3ccc(Br)cc3)=c3ccc([nH]3)=C(c3ccc(-c4ccncc4)cc3)c3ccc2[nH]3)cc1. The zero-order valence-corrected chi connectivity index (χ0v) is 36.3. The van der Waals surface area contributed by atoms with E-state index in [-0.39, 0.29) is 0 Å². The van der Waals surface area contributed by atoms with E-state index in [1.807, 2.05) is 49.1 Å². The molecular formula is C54H36Br2N6. The smallest absolute Gasteiger partial charge is 0.0485 e. The molecule has 0 radical (unpaired) electrons. The highest BCUT2D eigenvalue weighted by molar-refractivity contribution is 9.10. The minimum Gasteiger partial charge on any atom is -0.354 e. The standard InChI is InChI=1S/C54H36Br2N6/c55-41-13-9-39(10-14-41)53-47-21-17-43(59-47)51(37-5-1-33(2-6-37)35-25-29-57-30-26-35)44-18-22-48(60-44)54(40-11-15-42(56)16-12-40)50-24-20-46(62-50)52(45-19-23-49(53)61-45)38-7-3-34(4-8-38)36-27-31-58-32-28-36/h1-32,59-62H. The van der Waals surface area contributed by atoms with Crippen molar-refractivity contribution < 1.29 is 0 Å². The summed E-state index contributed by atoms with van der Waals surface area (Å²) in [6.07, 6.45) is 7.33. The van der Waals surface area contributed by atoms with Gasteiger partial charge in [0.1, 0.15) is 0 Å². The number of rotatable bonds is 6. The van der Waals surface area contributed by atoms with Crippen LogP contribution in [0, 0.1) is 0 Å². The lowest BCUT2D eigenvalue weighted by Gasteiger charge is -2.11. The Kier molecular flexibility index (Phi) is 9.72. The van der Waals surface area contributed by atoms with E-state index >= 15 is 0 Å². The van der Waals surface area contributed by atoms with E-state index in [4.69, 9.17) is 0 Å². The first kappa shape index (κ1) is 37.7. The Morgan fingerprint density at radius 2 is 0.484 bits per heavy atom. The molecule has 296 valence electrons. The van der Waals surface area contributed by atoms with Crippen molar-refractivity contribution in [1.29, 1.82) is 0 Å². The molecule has 11 rings (SSSR count). The zero-order valence-electron chi connectivity index (χ0n) is 33.1. The predicted octanol–water partition coefficient (Wildman–Crippen LogP) is 9.95. The molecular weight excluding hydrogens is 892 g/mol. The fourth-order valence-corrected chi connectivity index (χ4v) is 9.08. The predicted molar refractivity (Wildman–Crippen MR) is 256 cm³/mol. The summed E-state index contributed by atoms with van der Waals surface area (Å²) in [5.41, 5.74) is 17.1. The van der Waals surface area contributed by atoms with Gasteiger partial charge in [-0.3, -0.25) is 9.97 Å². The first-order valence-electron chi connectivity index (χ1n) is 20.3. The molecule has 8 heteroatoms. The molecule has 0 amide bonds. The van der Waals surface area contributed by atoms with Gasteiger partial charge in [-0.15, -0.1) is 0 Å². The highest BCUT2D eigenvalue weighted by atomic mass is 79.9. The van der Waals surface area contributed by atoms with Crippen molar-refractivity contribution in [1.82, 2.24) is 29.9 Å². The van der Waals surface area contributed by atoms with Gasteiger partial charge in [0.05, 0.1) is 0 Å². The molecule has 10 aromatic rings. The molecule has 0 saturated heterocycles. The Labute approximate surface area is 374 Å². The van der Waals surface area contributed by atoms with Crippen LogP contribution in [-0.4, -0.2) is 29.9 Å². The quantitative estimate of drug-likeness (QED) is 0.134. The van der Waals surface area contributed by atoms with Crippen LogP contribution < -0.4 is 21.4 Å². The maximum atomic E-state index is 4.23. The monoisotopic (exact) mass is 926 g/mol. The maximum Gasteiger partial charge on any atom is 0.0485 e. The van der Waals surface area contributed by atoms with Crippen LogP contribution in [0.25, 0.3) is 44.5 Å². The van der Waals surface area contributed by atoms with E-state index in [0.717, 1.165) is 120 Å². The number of benzene rings is 4. The Morgan fingerprint density at radius 1 is 0.242 bits per heavy atom. The molecule has 1 aliphatic rings. The summed E-state index contributed by atoms with van der Waals surface area (Å²) in [6, 6.07) is 60.3. The molecule has 0 spiro atoms. The maximum absolute atomic E-state index is 4.23. The molecule has 0 atom stereocenters. The fourth-order valence-electron chi connectivity index (χ4n) is 8.55. The van der Waals surface area contributed by atoms with E-state index in [1.165, 1.54) is 0 Å². The third-order valence-corrected chi connectivity index (χ3v) is 12.6. The number of nitrogens with zero attached hydrogens (tertiary/aromatic N) is 2. The molecule has 6 nitrogen and oxygen atoms in total. The van der Waals surface area contributed by atoms with Crippen molar-refractivity contribution >= 4 is 54.2 Å². The third kappa shape index (κ3) is 7.13. The van der Waals surface area contributed by atoms with Crippen LogP contribution in [0.15, 0.2) is 204 Å². The van der Waals surface area contributed by atoms with Crippen LogP contribution in [0.4, 0.5) is 0 Å². The Bertz CT molecular complexity index is 3250. The van der Waals surface area contributed by atoms with Gasteiger partial charge >= 0.3 is 0 Å². The van der Waals surface area contributed by atoms with Crippen LogP contribution in [0.2, 0.25) is 0 Å². The second-order valence-electron chi connectivity index (χ2n) is 15.3. The molecule has 4 N–H and O–H groups in total. The number of nitrogens with one attached hydrogen (secondary N) is 4. The normalized spacial score (nSPS) is 12.5. The minimum absolute atomic E-state index is 0.993. The summed E-state index contributed by atoms with van der Waals surface area (Å²) in [5.74, 6) is 0. The summed E-state index contributed by atoms with van der Waals surface area (Å²) >= 11 is 7.35. The number of fused-ring (bicyclic) bond motifs is 8. The van der Waals surface area contributed by atoms with Gasteiger partial charge in [0.2, 0.25) is 0 Å². The largest absolute Gasteiger partial charge is 0.354 e. The highest BCUT2D eigenvalue weighted by Gasteiger charge is 2.19. The van der Waals surface area contributed by atoms with Crippen molar-refractivity contribution in [3.05, 3.63) is 270 Å². The number of halogens is 2. The average molecular weight is 929 g/mol. The molecule has 0 saturated carbocycles. The lowest BCUT2D eigenvalue weighted by atomic mass is 9.99. The van der Waals surface area contributed by atoms with E-state index < -0.39 is 0 Å². The summed E-state index contributed by atoms with van der Waals surface area (Å²) < 4.78 is 2.05. The molecule has 7 heterocycles. The zero-order chi connectivity index (χ0) is 41.6. The summed E-state index contributed by atoms with van der Waals surface area (Å²) in [4.78, 5) is 24.1. The van der Waals surface area contributed by atoms with E-state index in [1.54, 1.807) is 0 Å². The topological polar surface area (TPSA) is 88.9 Å². The Hall–Kier alpha value is -7.26. The van der Waals surface area contributed by atoms with Crippen molar-refractivity contribution in [3.8, 4) is 22.3 Å². The average Bonchev–Trinajstić information content (AvgIpc) is 4.17. The highest BCUT2D eigenvalue weighted by Crippen LogP contribution is 2.31. The van der Waals surface area contributed by atoms with Crippen LogP contribution in [-0.2, 0) is 0 Å². The molecule has 0 aliphatic carbocycles. The van der Waals surface area contributed by atoms with E-state index in [9.17, 15) is 0 Å². The van der Waals surface area contributed by atoms with Gasteiger partial charge in [0.25, 0.3) is 0 Å². The number of aromatic amines is 4. The van der Waals surface area contributed by atoms with Gasteiger partial charge in [-0.25, -0.2) is 0 Å². The van der Waals surface area contributed by atoms with Crippen LogP contribution in [0.3, 0.4) is 0 Å². The number of hydrogen-bond acceptors (Lipinski definition) is 2. The minimum atomic E-state index is 0.993. The number of pyridine rings is 2. The first-order valence-corrected chi connectivity index (χ1v) is 21.9. The first-order chi connectivity index (χ1) is 30.5. The van der Waals surface area contributed by atoms with Crippen LogP contribution in [0.1, 0.15) is 45.0 Å². The lowest BCUT2D eigenvalue weighted by molar-refractivity contribution is 1.19. The Balaban J connectivity index is 1.20. The van der Waals surface area contributed by atoms with Crippen molar-refractivity contribution in [2.45, 2.75) is 0 Å². The van der Waals surface area contributed by atoms with Gasteiger partial charge in [-0.2, -0.15) is 0 Å². The van der Waals surface area contributed by atoms with Crippen LogP contribution >= 0.6 is 31.9 Å². The van der Waals surface area contributed by atoms with Crippen molar-refractivity contribution in [2.24, 2.45) is 0 Å². The molecule has 62 heavy (non-hydrogen) atoms. The Morgan fingerprint density at radius 3 is 0.774 bits per heavy atom.